The van der Waals surface area contributed by atoms with Crippen LogP contribution in [0, 0.1) is 13.8 Å². The molecule has 0 radical (unpaired) electrons. The molecule has 4 nitrogen and oxygen atoms in total. The Bertz CT molecular complexity index is 433. The molecule has 0 amide bonds. The fourth-order valence-corrected chi connectivity index (χ4v) is 1.99. The lowest BCUT2D eigenvalue weighted by molar-refractivity contribution is 0.823. The first-order valence-electron chi connectivity index (χ1n) is 3.68. The Morgan fingerprint density at radius 1 is 1.38 bits per heavy atom. The van der Waals surface area contributed by atoms with E-state index in [2.05, 4.69) is 15.1 Å². The van der Waals surface area contributed by atoms with Crippen LogP contribution in [0.4, 0.5) is 0 Å². The van der Waals surface area contributed by atoms with Gasteiger partial charge in [-0.2, -0.15) is 4.68 Å². The number of thiazole rings is 1. The lowest BCUT2D eigenvalue weighted by Crippen LogP contribution is -1.98. The van der Waals surface area contributed by atoms with Crippen LogP contribution in [-0.2, 0) is 0 Å². The average molecular weight is 215 g/mol. The Hall–Kier alpha value is -0.940. The third-order valence-electron chi connectivity index (χ3n) is 1.52. The topological polar surface area (TPSA) is 43.6 Å². The van der Waals surface area contributed by atoms with Gasteiger partial charge >= 0.3 is 0 Å². The van der Waals surface area contributed by atoms with E-state index in [0.29, 0.717) is 5.15 Å². The molecule has 0 atom stereocenters. The Morgan fingerprint density at radius 2 is 2.15 bits per heavy atom. The van der Waals surface area contributed by atoms with Gasteiger partial charge in [0.2, 0.25) is 5.13 Å². The standard InChI is InChI=1S/C7H7ClN4S/c1-4-9-5(2)12(11-4)7-10-6(8)3-13-7/h3H,1-2H3. The van der Waals surface area contributed by atoms with Gasteiger partial charge in [-0.1, -0.05) is 11.6 Å². The molecule has 0 unspecified atom stereocenters. The summed E-state index contributed by atoms with van der Waals surface area (Å²) in [7, 11) is 0. The largest absolute Gasteiger partial charge is 0.217 e. The van der Waals surface area contributed by atoms with Crippen molar-refractivity contribution >= 4 is 22.9 Å². The molecule has 0 bridgehead atoms. The van der Waals surface area contributed by atoms with Crippen molar-refractivity contribution in [3.63, 3.8) is 0 Å². The van der Waals surface area contributed by atoms with Gasteiger partial charge in [0.15, 0.2) is 0 Å². The van der Waals surface area contributed by atoms with Crippen LogP contribution in [0.3, 0.4) is 0 Å². The van der Waals surface area contributed by atoms with E-state index in [0.717, 1.165) is 16.8 Å². The lowest BCUT2D eigenvalue weighted by Gasteiger charge is -1.94. The van der Waals surface area contributed by atoms with Crippen molar-refractivity contribution in [2.45, 2.75) is 13.8 Å². The van der Waals surface area contributed by atoms with Crippen LogP contribution >= 0.6 is 22.9 Å². The number of hydrogen-bond donors (Lipinski definition) is 0. The summed E-state index contributed by atoms with van der Waals surface area (Å²) in [5, 5.41) is 7.21. The van der Waals surface area contributed by atoms with E-state index < -0.39 is 0 Å². The summed E-state index contributed by atoms with van der Waals surface area (Å²) in [6.07, 6.45) is 0. The fourth-order valence-electron chi connectivity index (χ4n) is 1.04. The highest BCUT2D eigenvalue weighted by atomic mass is 35.5. The van der Waals surface area contributed by atoms with Crippen LogP contribution in [0.25, 0.3) is 5.13 Å². The molecular formula is C7H7ClN4S. The van der Waals surface area contributed by atoms with Crippen molar-refractivity contribution in [3.8, 4) is 5.13 Å². The minimum absolute atomic E-state index is 0.493. The number of aromatic nitrogens is 4. The van der Waals surface area contributed by atoms with Crippen molar-refractivity contribution in [2.24, 2.45) is 0 Å². The highest BCUT2D eigenvalue weighted by molar-refractivity contribution is 7.12. The van der Waals surface area contributed by atoms with Crippen LogP contribution in [-0.4, -0.2) is 19.7 Å². The number of aryl methyl sites for hydroxylation is 2. The van der Waals surface area contributed by atoms with Gasteiger partial charge in [0.05, 0.1) is 0 Å². The van der Waals surface area contributed by atoms with Gasteiger partial charge < -0.3 is 0 Å². The maximum Gasteiger partial charge on any atom is 0.213 e. The molecule has 0 aliphatic heterocycles. The Morgan fingerprint density at radius 3 is 2.62 bits per heavy atom. The third-order valence-corrected chi connectivity index (χ3v) is 2.66. The molecule has 0 saturated carbocycles. The average Bonchev–Trinajstić information content (AvgIpc) is 2.58. The molecule has 0 N–H and O–H groups in total. The van der Waals surface area contributed by atoms with Gasteiger partial charge in [-0.15, -0.1) is 16.4 Å². The second-order valence-electron chi connectivity index (χ2n) is 2.57. The van der Waals surface area contributed by atoms with E-state index in [-0.39, 0.29) is 0 Å². The van der Waals surface area contributed by atoms with Gasteiger partial charge in [-0.3, -0.25) is 0 Å². The lowest BCUT2D eigenvalue weighted by atomic mass is 10.7. The summed E-state index contributed by atoms with van der Waals surface area (Å²) < 4.78 is 1.69. The summed E-state index contributed by atoms with van der Waals surface area (Å²) in [5.74, 6) is 1.56. The number of halogens is 1. The number of rotatable bonds is 1. The summed E-state index contributed by atoms with van der Waals surface area (Å²) in [5.41, 5.74) is 0. The van der Waals surface area contributed by atoms with Crippen molar-refractivity contribution in [2.75, 3.05) is 0 Å². The minimum atomic E-state index is 0.493. The molecule has 0 spiro atoms. The van der Waals surface area contributed by atoms with Crippen LogP contribution < -0.4 is 0 Å². The van der Waals surface area contributed by atoms with Crippen molar-refractivity contribution in [1.82, 2.24) is 19.7 Å². The van der Waals surface area contributed by atoms with E-state index in [1.54, 1.807) is 10.1 Å². The van der Waals surface area contributed by atoms with E-state index in [9.17, 15) is 0 Å². The van der Waals surface area contributed by atoms with Gasteiger partial charge in [0.1, 0.15) is 16.8 Å². The predicted molar refractivity (Wildman–Crippen MR) is 51.5 cm³/mol. The van der Waals surface area contributed by atoms with E-state index in [1.807, 2.05) is 13.8 Å². The van der Waals surface area contributed by atoms with E-state index >= 15 is 0 Å². The molecule has 2 aromatic rings. The van der Waals surface area contributed by atoms with Crippen molar-refractivity contribution in [3.05, 3.63) is 22.2 Å². The molecule has 13 heavy (non-hydrogen) atoms. The van der Waals surface area contributed by atoms with Gasteiger partial charge in [-0.25, -0.2) is 9.97 Å². The zero-order valence-corrected chi connectivity index (χ0v) is 8.72. The molecular weight excluding hydrogens is 208 g/mol. The van der Waals surface area contributed by atoms with Crippen LogP contribution in [0.2, 0.25) is 5.15 Å². The second kappa shape index (κ2) is 3.08. The summed E-state index contributed by atoms with van der Waals surface area (Å²) in [4.78, 5) is 8.27. The van der Waals surface area contributed by atoms with E-state index in [4.69, 9.17) is 11.6 Å². The Balaban J connectivity index is 2.51. The highest BCUT2D eigenvalue weighted by Gasteiger charge is 2.08. The normalized spacial score (nSPS) is 10.7. The SMILES string of the molecule is Cc1nc(C)n(-c2nc(Cl)cs2)n1. The molecule has 6 heteroatoms. The Kier molecular flexibility index (Phi) is 2.05. The summed E-state index contributed by atoms with van der Waals surface area (Å²) >= 11 is 7.15. The summed E-state index contributed by atoms with van der Waals surface area (Å²) in [6, 6.07) is 0. The van der Waals surface area contributed by atoms with Crippen LogP contribution in [0.5, 0.6) is 0 Å². The van der Waals surface area contributed by atoms with Gasteiger partial charge in [-0.05, 0) is 13.8 Å². The van der Waals surface area contributed by atoms with Gasteiger partial charge in [0.25, 0.3) is 0 Å². The third kappa shape index (κ3) is 1.57. The molecule has 2 heterocycles. The highest BCUT2D eigenvalue weighted by Crippen LogP contribution is 2.18. The maximum atomic E-state index is 5.71. The molecule has 2 aromatic heterocycles. The molecule has 68 valence electrons. The second-order valence-corrected chi connectivity index (χ2v) is 3.79. The number of hydrogen-bond acceptors (Lipinski definition) is 4. The monoisotopic (exact) mass is 214 g/mol. The van der Waals surface area contributed by atoms with E-state index in [1.165, 1.54) is 11.3 Å². The van der Waals surface area contributed by atoms with Gasteiger partial charge in [0, 0.05) is 5.38 Å². The van der Waals surface area contributed by atoms with Crippen LogP contribution in [0.15, 0.2) is 5.38 Å². The smallest absolute Gasteiger partial charge is 0.213 e. The maximum absolute atomic E-state index is 5.71. The van der Waals surface area contributed by atoms with Crippen molar-refractivity contribution < 1.29 is 0 Å². The van der Waals surface area contributed by atoms with Crippen LogP contribution in [0.1, 0.15) is 11.6 Å². The molecule has 0 saturated heterocycles. The first-order valence-corrected chi connectivity index (χ1v) is 4.94. The molecule has 0 fully saturated rings. The fraction of sp³-hybridized carbons (Fsp3) is 0.286. The molecule has 0 aromatic carbocycles. The zero-order valence-electron chi connectivity index (χ0n) is 7.15. The first kappa shape index (κ1) is 8.65. The minimum Gasteiger partial charge on any atom is -0.217 e. The zero-order chi connectivity index (χ0) is 9.42. The molecule has 2 rings (SSSR count). The van der Waals surface area contributed by atoms with Crippen molar-refractivity contribution in [1.29, 1.82) is 0 Å². The number of nitrogens with zero attached hydrogens (tertiary/aromatic N) is 4. The predicted octanol–water partition coefficient (Wildman–Crippen LogP) is 1.99. The quantitative estimate of drug-likeness (QED) is 0.729. The first-order chi connectivity index (χ1) is 6.16. The molecule has 0 aliphatic rings. The molecule has 0 aliphatic carbocycles. The summed E-state index contributed by atoms with van der Waals surface area (Å²) in [6.45, 7) is 3.73. The Labute approximate surface area is 84.2 Å².